The zero-order valence-corrected chi connectivity index (χ0v) is 29.6. The van der Waals surface area contributed by atoms with Crippen LogP contribution in [0.5, 0.6) is 0 Å². The van der Waals surface area contributed by atoms with Gasteiger partial charge in [0.15, 0.2) is 0 Å². The van der Waals surface area contributed by atoms with Crippen molar-refractivity contribution >= 4 is 33.7 Å². The quantitative estimate of drug-likeness (QED) is 0.106. The third kappa shape index (κ3) is 13.2. The van der Waals surface area contributed by atoms with Gasteiger partial charge in [-0.3, -0.25) is 0 Å². The number of allylic oxidation sites excluding steroid dienone is 4. The first-order valence-corrected chi connectivity index (χ1v) is 18.1. The fourth-order valence-electron chi connectivity index (χ4n) is 6.21. The molecule has 0 fully saturated rings. The van der Waals surface area contributed by atoms with E-state index in [9.17, 15) is 17.3 Å². The van der Waals surface area contributed by atoms with Gasteiger partial charge < -0.3 is 17.3 Å². The molecule has 2 aromatic rings. The molecule has 0 nitrogen and oxygen atoms in total. The molecule has 0 amide bonds. The SMILES string of the molecule is C1=CC2C=CC1C2.CC(C)[PH+](c1ccccc1CCc1ccccc1[PH+](C(C)C)C(C)C)C(C)C.F[B-](F)(F)F.[Rh]. The molecular weight excluding hydrogens is 648 g/mol. The molecule has 0 spiro atoms. The Bertz CT molecular complexity index is 985. The molecule has 4 rings (SSSR count). The molecule has 0 aliphatic heterocycles. The van der Waals surface area contributed by atoms with E-state index in [1.54, 1.807) is 21.7 Å². The number of fused-ring (bicyclic) bond motifs is 2. The molecule has 1 radical (unpaired) electrons. The van der Waals surface area contributed by atoms with Gasteiger partial charge >= 0.3 is 7.25 Å². The van der Waals surface area contributed by atoms with Gasteiger partial charge in [0, 0.05) is 35.3 Å². The number of halogens is 4. The molecule has 231 valence electrons. The van der Waals surface area contributed by atoms with E-state index in [1.165, 1.54) is 19.3 Å². The van der Waals surface area contributed by atoms with E-state index in [0.717, 1.165) is 34.5 Å². The minimum absolute atomic E-state index is 0. The summed E-state index contributed by atoms with van der Waals surface area (Å²) in [5, 5.41) is 3.35. The largest absolute Gasteiger partial charge is 0.673 e. The molecule has 2 aliphatic rings. The second kappa shape index (κ2) is 18.1. The first-order valence-electron chi connectivity index (χ1n) is 14.8. The van der Waals surface area contributed by atoms with Crippen LogP contribution in [0.2, 0.25) is 0 Å². The average Bonchev–Trinajstić information content (AvgIpc) is 3.49. The van der Waals surface area contributed by atoms with Crippen LogP contribution in [0.15, 0.2) is 72.8 Å². The van der Waals surface area contributed by atoms with Crippen LogP contribution >= 0.6 is 15.8 Å². The summed E-state index contributed by atoms with van der Waals surface area (Å²) in [5.74, 6) is 1.62. The molecule has 41 heavy (non-hydrogen) atoms. The number of rotatable bonds is 9. The average molecular weight is 698 g/mol. The van der Waals surface area contributed by atoms with Crippen molar-refractivity contribution < 1.29 is 36.7 Å². The standard InChI is InChI=1S/C26H40P2.C7H8.BF4.Rh/c1-19(2)27(20(3)4)25-15-11-9-13-23(25)17-18-24-14-10-12-16-26(24)28(21(5)6)22(7)8;1-2-7-4-3-6(1)5-7;2-1(3,4)5;/h9-16,19-22H,17-18H2,1-8H3;1-4,6-7H,5H2;;/q;;-1;/p+2. The number of aryl methyl sites for hydroxylation is 2. The third-order valence-electron chi connectivity index (χ3n) is 7.56. The molecule has 0 atom stereocenters. The first-order chi connectivity index (χ1) is 18.7. The van der Waals surface area contributed by atoms with E-state index < -0.39 is 23.1 Å². The van der Waals surface area contributed by atoms with Crippen LogP contribution in [0.1, 0.15) is 72.9 Å². The van der Waals surface area contributed by atoms with Crippen molar-refractivity contribution in [1.29, 1.82) is 0 Å². The Hall–Kier alpha value is -0.812. The van der Waals surface area contributed by atoms with Crippen LogP contribution in [0, 0.1) is 11.8 Å². The van der Waals surface area contributed by atoms with Gasteiger partial charge in [-0.15, -0.1) is 0 Å². The molecule has 2 bridgehead atoms. The Morgan fingerprint density at radius 2 is 0.854 bits per heavy atom. The fourth-order valence-corrected chi connectivity index (χ4v) is 13.1. The summed E-state index contributed by atoms with van der Waals surface area (Å²) in [6.07, 6.45) is 12.9. The Kier molecular flexibility index (Phi) is 16.9. The molecule has 0 saturated heterocycles. The van der Waals surface area contributed by atoms with Gasteiger partial charge in [0.2, 0.25) is 0 Å². The van der Waals surface area contributed by atoms with Crippen LogP contribution in [-0.4, -0.2) is 29.9 Å². The molecular formula is C33H50BF4P2Rh+. The predicted octanol–water partition coefficient (Wildman–Crippen LogP) is 9.83. The van der Waals surface area contributed by atoms with Crippen molar-refractivity contribution in [2.75, 3.05) is 0 Å². The minimum Gasteiger partial charge on any atom is -0.418 e. The van der Waals surface area contributed by atoms with Crippen molar-refractivity contribution in [3.05, 3.63) is 84.0 Å². The number of benzene rings is 2. The molecule has 8 heteroatoms. The molecule has 0 saturated carbocycles. The summed E-state index contributed by atoms with van der Waals surface area (Å²) < 4.78 is 39.0. The van der Waals surface area contributed by atoms with Crippen molar-refractivity contribution in [3.63, 3.8) is 0 Å². The summed E-state index contributed by atoms with van der Waals surface area (Å²) in [5.41, 5.74) is 6.28. The number of hydrogen-bond donors (Lipinski definition) is 0. The van der Waals surface area contributed by atoms with Gasteiger partial charge in [0.25, 0.3) is 0 Å². The Labute approximate surface area is 262 Å². The molecule has 0 aromatic heterocycles. The van der Waals surface area contributed by atoms with Gasteiger partial charge in [-0.2, -0.15) is 0 Å². The topological polar surface area (TPSA) is 0 Å². The summed E-state index contributed by atoms with van der Waals surface area (Å²) >= 11 is 0. The van der Waals surface area contributed by atoms with Crippen LogP contribution in [-0.2, 0) is 32.3 Å². The van der Waals surface area contributed by atoms with Gasteiger partial charge in [-0.1, -0.05) is 60.7 Å². The van der Waals surface area contributed by atoms with Gasteiger partial charge in [0.05, 0.1) is 33.2 Å². The molecule has 0 heterocycles. The monoisotopic (exact) mass is 698 g/mol. The van der Waals surface area contributed by atoms with E-state index in [-0.39, 0.29) is 19.5 Å². The van der Waals surface area contributed by atoms with E-state index in [1.807, 2.05) is 0 Å². The van der Waals surface area contributed by atoms with E-state index in [0.29, 0.717) is 0 Å². The van der Waals surface area contributed by atoms with Crippen LogP contribution in [0.4, 0.5) is 17.3 Å². The molecule has 2 aromatic carbocycles. The summed E-state index contributed by atoms with van der Waals surface area (Å²) in [7, 11) is -7.07. The van der Waals surface area contributed by atoms with Gasteiger partial charge in [-0.05, 0) is 110 Å². The number of hydrogen-bond acceptors (Lipinski definition) is 0. The Balaban J connectivity index is 0.000000528. The van der Waals surface area contributed by atoms with Crippen LogP contribution in [0.3, 0.4) is 0 Å². The van der Waals surface area contributed by atoms with Gasteiger partial charge in [0.1, 0.15) is 0 Å². The van der Waals surface area contributed by atoms with E-state index >= 15 is 0 Å². The van der Waals surface area contributed by atoms with Crippen molar-refractivity contribution in [2.24, 2.45) is 11.8 Å². The Morgan fingerprint density at radius 1 is 0.585 bits per heavy atom. The summed E-state index contributed by atoms with van der Waals surface area (Å²) in [6, 6.07) is 18.6. The van der Waals surface area contributed by atoms with E-state index in [4.69, 9.17) is 0 Å². The third-order valence-corrected chi connectivity index (χ3v) is 14.8. The molecule has 2 aliphatic carbocycles. The molecule has 0 N–H and O–H groups in total. The predicted molar refractivity (Wildman–Crippen MR) is 177 cm³/mol. The molecule has 0 unspecified atom stereocenters. The second-order valence-corrected chi connectivity index (χ2v) is 19.7. The van der Waals surface area contributed by atoms with Crippen molar-refractivity contribution in [2.45, 2.75) is 97.3 Å². The maximum absolute atomic E-state index is 9.75. The summed E-state index contributed by atoms with van der Waals surface area (Å²) in [6.45, 7) is 19.3. The van der Waals surface area contributed by atoms with Gasteiger partial charge in [-0.25, -0.2) is 0 Å². The van der Waals surface area contributed by atoms with Crippen molar-refractivity contribution in [3.8, 4) is 0 Å². The van der Waals surface area contributed by atoms with E-state index in [2.05, 4.69) is 128 Å². The fraction of sp³-hybridized carbons (Fsp3) is 0.515. The van der Waals surface area contributed by atoms with Crippen molar-refractivity contribution in [1.82, 2.24) is 0 Å². The summed E-state index contributed by atoms with van der Waals surface area (Å²) in [4.78, 5) is 0. The van der Waals surface area contributed by atoms with Crippen LogP contribution < -0.4 is 10.6 Å². The zero-order chi connectivity index (χ0) is 30.0. The Morgan fingerprint density at radius 3 is 1.07 bits per heavy atom. The normalized spacial score (nSPS) is 17.3. The smallest absolute Gasteiger partial charge is 0.418 e. The maximum Gasteiger partial charge on any atom is 0.673 e. The minimum atomic E-state index is -6.00. The first kappa shape index (κ1) is 38.2. The second-order valence-electron chi connectivity index (χ2n) is 12.2. The zero-order valence-electron chi connectivity index (χ0n) is 25.9. The maximum atomic E-state index is 9.75. The van der Waals surface area contributed by atoms with Crippen LogP contribution in [0.25, 0.3) is 0 Å².